The third-order valence-electron chi connectivity index (χ3n) is 5.60. The molecule has 0 atom stereocenters. The topological polar surface area (TPSA) is 72.5 Å². The van der Waals surface area contributed by atoms with Gasteiger partial charge in [-0.05, 0) is 41.5 Å². The number of nitrogens with zero attached hydrogens (tertiary/aromatic N) is 5. The first-order valence-corrected chi connectivity index (χ1v) is 10.3. The number of hydrogen-bond acceptors (Lipinski definition) is 4. The van der Waals surface area contributed by atoms with Gasteiger partial charge in [-0.3, -0.25) is 9.59 Å². The molecule has 0 bridgehead atoms. The van der Waals surface area contributed by atoms with Crippen molar-refractivity contribution in [1.29, 1.82) is 0 Å². The predicted molar refractivity (Wildman–Crippen MR) is 125 cm³/mol. The fraction of sp³-hybridized carbons (Fsp3) is 0.120. The largest absolute Gasteiger partial charge is 0.314 e. The molecule has 0 aliphatic rings. The van der Waals surface area contributed by atoms with Gasteiger partial charge in [0, 0.05) is 18.3 Å². The van der Waals surface area contributed by atoms with E-state index < -0.39 is 0 Å². The second kappa shape index (κ2) is 7.77. The van der Waals surface area contributed by atoms with Crippen LogP contribution < -0.4 is 10.5 Å². The number of rotatable bonds is 4. The van der Waals surface area contributed by atoms with Crippen molar-refractivity contribution >= 4 is 27.9 Å². The van der Waals surface area contributed by atoms with E-state index in [1.54, 1.807) is 13.1 Å². The number of carbonyl (C=O) groups is 1. The minimum atomic E-state index is -0.363. The van der Waals surface area contributed by atoms with Gasteiger partial charge in [-0.25, -0.2) is 9.20 Å². The summed E-state index contributed by atoms with van der Waals surface area (Å²) < 4.78 is 2.64. The Morgan fingerprint density at radius 1 is 1.00 bits per heavy atom. The average Bonchev–Trinajstić information content (AvgIpc) is 3.25. The number of likely N-dealkylation sites (N-methyl/N-ethyl adjacent to an activating group) is 1. The Bertz CT molecular complexity index is 1530. The number of aryl methyl sites for hydroxylation is 1. The highest BCUT2D eigenvalue weighted by Gasteiger charge is 2.16. The van der Waals surface area contributed by atoms with Gasteiger partial charge in [-0.2, -0.15) is 10.2 Å². The van der Waals surface area contributed by atoms with Crippen LogP contribution in [0, 0.1) is 6.92 Å². The highest BCUT2D eigenvalue weighted by atomic mass is 16.2. The number of benzene rings is 3. The van der Waals surface area contributed by atoms with Crippen molar-refractivity contribution in [2.75, 3.05) is 11.9 Å². The highest BCUT2D eigenvalue weighted by molar-refractivity contribution is 5.96. The number of aromatic nitrogens is 4. The summed E-state index contributed by atoms with van der Waals surface area (Å²) in [7, 11) is 1.69. The molecule has 0 N–H and O–H groups in total. The molecule has 5 aromatic rings. The predicted octanol–water partition coefficient (Wildman–Crippen LogP) is 3.68. The van der Waals surface area contributed by atoms with Crippen LogP contribution in [0.15, 0.2) is 83.9 Å². The molecule has 5 rings (SSSR count). The van der Waals surface area contributed by atoms with E-state index >= 15 is 0 Å². The van der Waals surface area contributed by atoms with Gasteiger partial charge in [0.2, 0.25) is 5.91 Å². The summed E-state index contributed by atoms with van der Waals surface area (Å²) in [5.41, 5.74) is 3.45. The van der Waals surface area contributed by atoms with Crippen LogP contribution >= 0.6 is 0 Å². The summed E-state index contributed by atoms with van der Waals surface area (Å²) in [5, 5.41) is 10.9. The Balaban J connectivity index is 1.49. The lowest BCUT2D eigenvalue weighted by Gasteiger charge is -2.18. The van der Waals surface area contributed by atoms with Crippen molar-refractivity contribution in [1.82, 2.24) is 19.4 Å². The number of hydrogen-bond donors (Lipinski definition) is 0. The second-order valence-electron chi connectivity index (χ2n) is 7.77. The van der Waals surface area contributed by atoms with Gasteiger partial charge in [0.25, 0.3) is 5.56 Å². The van der Waals surface area contributed by atoms with Crippen LogP contribution in [0.25, 0.3) is 27.5 Å². The van der Waals surface area contributed by atoms with E-state index in [2.05, 4.69) is 10.2 Å². The maximum atomic E-state index is 13.1. The van der Waals surface area contributed by atoms with E-state index in [-0.39, 0.29) is 18.0 Å². The molecule has 0 saturated carbocycles. The molecule has 0 aliphatic heterocycles. The molecule has 7 heteroatoms. The molecule has 0 unspecified atom stereocenters. The summed E-state index contributed by atoms with van der Waals surface area (Å²) in [6.45, 7) is 1.81. The zero-order valence-electron chi connectivity index (χ0n) is 17.8. The molecule has 0 radical (unpaired) electrons. The maximum absolute atomic E-state index is 13.1. The molecule has 158 valence electrons. The summed E-state index contributed by atoms with van der Waals surface area (Å²) >= 11 is 0. The van der Waals surface area contributed by atoms with Crippen LogP contribution in [-0.4, -0.2) is 32.3 Å². The molecule has 32 heavy (non-hydrogen) atoms. The molecule has 0 fully saturated rings. The Kier molecular flexibility index (Phi) is 4.78. The van der Waals surface area contributed by atoms with Crippen LogP contribution in [0.5, 0.6) is 0 Å². The van der Waals surface area contributed by atoms with Gasteiger partial charge in [0.15, 0.2) is 0 Å². The second-order valence-corrected chi connectivity index (χ2v) is 7.77. The lowest BCUT2D eigenvalue weighted by Crippen LogP contribution is -2.35. The fourth-order valence-corrected chi connectivity index (χ4v) is 3.85. The SMILES string of the molecule is Cc1cccc(N(C)C(=O)Cn2ncn3nc(-c4cccc5ccccc45)cc3c2=O)c1. The standard InChI is InChI=1S/C25H21N5O2/c1-17-7-5-10-19(13-17)28(2)24(31)15-29-25(32)23-14-22(27-30(23)16-26-29)21-12-6-9-18-8-3-4-11-20(18)21/h3-14,16H,15H2,1-2H3. The van der Waals surface area contributed by atoms with Crippen LogP contribution in [0.2, 0.25) is 0 Å². The van der Waals surface area contributed by atoms with Gasteiger partial charge in [-0.1, -0.05) is 54.6 Å². The highest BCUT2D eigenvalue weighted by Crippen LogP contribution is 2.27. The Labute approximate surface area is 184 Å². The number of carbonyl (C=O) groups excluding carboxylic acids is 1. The molecule has 0 spiro atoms. The van der Waals surface area contributed by atoms with Gasteiger partial charge in [0.05, 0.1) is 5.69 Å². The molecule has 3 aromatic carbocycles. The third-order valence-corrected chi connectivity index (χ3v) is 5.60. The molecular formula is C25H21N5O2. The first kappa shape index (κ1) is 19.7. The van der Waals surface area contributed by atoms with Gasteiger partial charge >= 0.3 is 0 Å². The van der Waals surface area contributed by atoms with E-state index in [9.17, 15) is 9.59 Å². The van der Waals surface area contributed by atoms with Crippen molar-refractivity contribution < 1.29 is 4.79 Å². The molecule has 2 aromatic heterocycles. The molecule has 7 nitrogen and oxygen atoms in total. The Morgan fingerprint density at radius 2 is 1.78 bits per heavy atom. The normalized spacial score (nSPS) is 11.2. The molecule has 0 saturated heterocycles. The van der Waals surface area contributed by atoms with Crippen LogP contribution in [0.4, 0.5) is 5.69 Å². The lowest BCUT2D eigenvalue weighted by molar-refractivity contribution is -0.119. The minimum Gasteiger partial charge on any atom is -0.314 e. The van der Waals surface area contributed by atoms with Crippen molar-refractivity contribution in [2.45, 2.75) is 13.5 Å². The van der Waals surface area contributed by atoms with Crippen molar-refractivity contribution in [3.63, 3.8) is 0 Å². The Morgan fingerprint density at radius 3 is 2.62 bits per heavy atom. The van der Waals surface area contributed by atoms with E-state index in [1.807, 2.05) is 73.7 Å². The zero-order valence-corrected chi connectivity index (χ0v) is 17.8. The average molecular weight is 423 g/mol. The first-order valence-electron chi connectivity index (χ1n) is 10.3. The van der Waals surface area contributed by atoms with E-state index in [1.165, 1.54) is 20.4 Å². The van der Waals surface area contributed by atoms with Gasteiger partial charge in [0.1, 0.15) is 18.4 Å². The van der Waals surface area contributed by atoms with Gasteiger partial charge in [-0.15, -0.1) is 0 Å². The summed E-state index contributed by atoms with van der Waals surface area (Å²) in [4.78, 5) is 27.4. The smallest absolute Gasteiger partial charge is 0.293 e. The Hall–Kier alpha value is -4.26. The van der Waals surface area contributed by atoms with E-state index in [0.717, 1.165) is 27.6 Å². The van der Waals surface area contributed by atoms with E-state index in [0.29, 0.717) is 11.2 Å². The van der Waals surface area contributed by atoms with Crippen molar-refractivity contribution in [3.8, 4) is 11.3 Å². The summed E-state index contributed by atoms with van der Waals surface area (Å²) in [6, 6.07) is 23.4. The van der Waals surface area contributed by atoms with Crippen molar-refractivity contribution in [3.05, 3.63) is 95.0 Å². The van der Waals surface area contributed by atoms with Crippen LogP contribution in [0.3, 0.4) is 0 Å². The molecule has 1 amide bonds. The third kappa shape index (κ3) is 3.43. The van der Waals surface area contributed by atoms with Crippen molar-refractivity contribution in [2.24, 2.45) is 0 Å². The number of anilines is 1. The molecule has 2 heterocycles. The molecule has 0 aliphatic carbocycles. The van der Waals surface area contributed by atoms with Gasteiger partial charge < -0.3 is 4.90 Å². The monoisotopic (exact) mass is 423 g/mol. The van der Waals surface area contributed by atoms with E-state index in [4.69, 9.17) is 0 Å². The maximum Gasteiger partial charge on any atom is 0.293 e. The fourth-order valence-electron chi connectivity index (χ4n) is 3.85. The molecular weight excluding hydrogens is 402 g/mol. The number of fused-ring (bicyclic) bond motifs is 2. The lowest BCUT2D eigenvalue weighted by atomic mass is 10.0. The summed E-state index contributed by atoms with van der Waals surface area (Å²) in [5.74, 6) is -0.233. The van der Waals surface area contributed by atoms with Crippen LogP contribution in [-0.2, 0) is 11.3 Å². The summed E-state index contributed by atoms with van der Waals surface area (Å²) in [6.07, 6.45) is 1.46. The quantitative estimate of drug-likeness (QED) is 0.442. The van der Waals surface area contributed by atoms with Crippen LogP contribution in [0.1, 0.15) is 5.56 Å². The number of amides is 1. The zero-order chi connectivity index (χ0) is 22.2. The first-order chi connectivity index (χ1) is 15.5. The minimum absolute atomic E-state index is 0.158.